The van der Waals surface area contributed by atoms with Crippen LogP contribution >= 0.6 is 0 Å². The third-order valence-electron chi connectivity index (χ3n) is 3.58. The highest BCUT2D eigenvalue weighted by Gasteiger charge is 2.24. The van der Waals surface area contributed by atoms with E-state index in [9.17, 15) is 0 Å². The van der Waals surface area contributed by atoms with Crippen LogP contribution in [-0.2, 0) is 13.1 Å². The van der Waals surface area contributed by atoms with Crippen LogP contribution in [0.4, 0.5) is 0 Å². The molecule has 0 atom stereocenters. The molecular formula is C16H28N2O. The van der Waals surface area contributed by atoms with E-state index < -0.39 is 0 Å². The van der Waals surface area contributed by atoms with Crippen molar-refractivity contribution < 1.29 is 4.42 Å². The van der Waals surface area contributed by atoms with E-state index in [0.29, 0.717) is 0 Å². The minimum absolute atomic E-state index is 0.851. The molecule has 108 valence electrons. The maximum absolute atomic E-state index is 5.90. The number of nitrogens with one attached hydrogen (secondary N) is 1. The van der Waals surface area contributed by atoms with E-state index >= 15 is 0 Å². The fourth-order valence-corrected chi connectivity index (χ4v) is 2.43. The lowest BCUT2D eigenvalue weighted by Gasteiger charge is -2.20. The van der Waals surface area contributed by atoms with Crippen molar-refractivity contribution in [2.75, 3.05) is 19.6 Å². The van der Waals surface area contributed by atoms with Gasteiger partial charge in [-0.25, -0.2) is 0 Å². The molecule has 3 heteroatoms. The van der Waals surface area contributed by atoms with Gasteiger partial charge >= 0.3 is 0 Å². The van der Waals surface area contributed by atoms with E-state index in [2.05, 4.69) is 36.2 Å². The van der Waals surface area contributed by atoms with E-state index in [0.717, 1.165) is 37.1 Å². The Kier molecular flexibility index (Phi) is 5.93. The van der Waals surface area contributed by atoms with Crippen molar-refractivity contribution in [2.24, 2.45) is 5.92 Å². The SMILES string of the molecule is CCCNCc1ccc(CN(CCC)CC2CC2)o1. The van der Waals surface area contributed by atoms with Gasteiger partial charge in [-0.05, 0) is 56.8 Å². The minimum atomic E-state index is 0.851. The maximum atomic E-state index is 5.90. The molecular weight excluding hydrogens is 236 g/mol. The van der Waals surface area contributed by atoms with Crippen LogP contribution in [0.3, 0.4) is 0 Å². The summed E-state index contributed by atoms with van der Waals surface area (Å²) in [6.45, 7) is 9.74. The monoisotopic (exact) mass is 264 g/mol. The molecule has 1 heterocycles. The van der Waals surface area contributed by atoms with Crippen LogP contribution in [0.1, 0.15) is 51.1 Å². The van der Waals surface area contributed by atoms with Gasteiger partial charge in [0.05, 0.1) is 13.1 Å². The second-order valence-corrected chi connectivity index (χ2v) is 5.72. The van der Waals surface area contributed by atoms with Gasteiger partial charge in [0.1, 0.15) is 11.5 Å². The Morgan fingerprint density at radius 1 is 1.21 bits per heavy atom. The molecule has 0 amide bonds. The first-order valence-corrected chi connectivity index (χ1v) is 7.82. The van der Waals surface area contributed by atoms with Crippen LogP contribution in [0.2, 0.25) is 0 Å². The number of rotatable bonds is 10. The predicted molar refractivity (Wildman–Crippen MR) is 79.0 cm³/mol. The van der Waals surface area contributed by atoms with E-state index in [-0.39, 0.29) is 0 Å². The van der Waals surface area contributed by atoms with Crippen molar-refractivity contribution in [1.82, 2.24) is 10.2 Å². The Morgan fingerprint density at radius 3 is 2.68 bits per heavy atom. The molecule has 0 unspecified atom stereocenters. The molecule has 1 fully saturated rings. The molecule has 0 saturated heterocycles. The quantitative estimate of drug-likeness (QED) is 0.657. The minimum Gasteiger partial charge on any atom is -0.463 e. The Morgan fingerprint density at radius 2 is 2.00 bits per heavy atom. The molecule has 1 aliphatic rings. The van der Waals surface area contributed by atoms with Gasteiger partial charge in [-0.1, -0.05) is 13.8 Å². The van der Waals surface area contributed by atoms with E-state index in [1.807, 2.05) is 0 Å². The topological polar surface area (TPSA) is 28.4 Å². The molecule has 0 spiro atoms. The molecule has 3 nitrogen and oxygen atoms in total. The second-order valence-electron chi connectivity index (χ2n) is 5.72. The van der Waals surface area contributed by atoms with Gasteiger partial charge in [-0.15, -0.1) is 0 Å². The van der Waals surface area contributed by atoms with Crippen molar-refractivity contribution in [3.63, 3.8) is 0 Å². The van der Waals surface area contributed by atoms with Gasteiger partial charge in [-0.2, -0.15) is 0 Å². The molecule has 0 aromatic carbocycles. The molecule has 19 heavy (non-hydrogen) atoms. The lowest BCUT2D eigenvalue weighted by Crippen LogP contribution is -2.26. The van der Waals surface area contributed by atoms with Crippen LogP contribution in [-0.4, -0.2) is 24.5 Å². The van der Waals surface area contributed by atoms with Crippen LogP contribution < -0.4 is 5.32 Å². The van der Waals surface area contributed by atoms with Crippen molar-refractivity contribution in [1.29, 1.82) is 0 Å². The Labute approximate surface area is 117 Å². The van der Waals surface area contributed by atoms with Gasteiger partial charge in [0.25, 0.3) is 0 Å². The van der Waals surface area contributed by atoms with E-state index in [4.69, 9.17) is 4.42 Å². The van der Waals surface area contributed by atoms with Crippen molar-refractivity contribution in [3.05, 3.63) is 23.7 Å². The highest BCUT2D eigenvalue weighted by atomic mass is 16.3. The van der Waals surface area contributed by atoms with Crippen LogP contribution in [0.15, 0.2) is 16.5 Å². The largest absolute Gasteiger partial charge is 0.463 e. The number of hydrogen-bond donors (Lipinski definition) is 1. The van der Waals surface area contributed by atoms with Gasteiger partial charge in [0.15, 0.2) is 0 Å². The van der Waals surface area contributed by atoms with Crippen molar-refractivity contribution in [2.45, 2.75) is 52.6 Å². The summed E-state index contributed by atoms with van der Waals surface area (Å²) in [6, 6.07) is 4.25. The Bertz CT molecular complexity index is 357. The summed E-state index contributed by atoms with van der Waals surface area (Å²) < 4.78 is 5.90. The Hall–Kier alpha value is -0.800. The lowest BCUT2D eigenvalue weighted by atomic mass is 10.3. The van der Waals surface area contributed by atoms with Crippen LogP contribution in [0.5, 0.6) is 0 Å². The summed E-state index contributed by atoms with van der Waals surface area (Å²) in [5.41, 5.74) is 0. The normalized spacial score (nSPS) is 15.3. The summed E-state index contributed by atoms with van der Waals surface area (Å²) >= 11 is 0. The standard InChI is InChI=1S/C16H28N2O/c1-3-9-17-11-15-7-8-16(19-15)13-18(10-4-2)12-14-5-6-14/h7-8,14,17H,3-6,9-13H2,1-2H3. The summed E-state index contributed by atoms with van der Waals surface area (Å²) in [6.07, 6.45) is 5.23. The lowest BCUT2D eigenvalue weighted by molar-refractivity contribution is 0.232. The molecule has 1 N–H and O–H groups in total. The average molecular weight is 264 g/mol. The zero-order valence-corrected chi connectivity index (χ0v) is 12.5. The molecule has 0 aliphatic heterocycles. The van der Waals surface area contributed by atoms with Crippen LogP contribution in [0, 0.1) is 5.92 Å². The third-order valence-corrected chi connectivity index (χ3v) is 3.58. The fraction of sp³-hybridized carbons (Fsp3) is 0.750. The second kappa shape index (κ2) is 7.71. The zero-order chi connectivity index (χ0) is 13.5. The summed E-state index contributed by atoms with van der Waals surface area (Å²) in [4.78, 5) is 2.54. The Balaban J connectivity index is 1.78. The van der Waals surface area contributed by atoms with E-state index in [1.165, 1.54) is 38.8 Å². The molecule has 1 saturated carbocycles. The van der Waals surface area contributed by atoms with Gasteiger partial charge in [0, 0.05) is 6.54 Å². The van der Waals surface area contributed by atoms with Crippen LogP contribution in [0.25, 0.3) is 0 Å². The molecule has 1 aliphatic carbocycles. The van der Waals surface area contributed by atoms with E-state index in [1.54, 1.807) is 0 Å². The highest BCUT2D eigenvalue weighted by molar-refractivity contribution is 5.07. The van der Waals surface area contributed by atoms with Gasteiger partial charge in [0.2, 0.25) is 0 Å². The van der Waals surface area contributed by atoms with Crippen molar-refractivity contribution >= 4 is 0 Å². The maximum Gasteiger partial charge on any atom is 0.118 e. The van der Waals surface area contributed by atoms with Gasteiger partial charge in [-0.3, -0.25) is 4.90 Å². The first-order chi connectivity index (χ1) is 9.31. The number of nitrogens with zero attached hydrogens (tertiary/aromatic N) is 1. The molecule has 0 bridgehead atoms. The molecule has 2 rings (SSSR count). The number of hydrogen-bond acceptors (Lipinski definition) is 3. The van der Waals surface area contributed by atoms with Gasteiger partial charge < -0.3 is 9.73 Å². The molecule has 1 aromatic heterocycles. The highest BCUT2D eigenvalue weighted by Crippen LogP contribution is 2.30. The zero-order valence-electron chi connectivity index (χ0n) is 12.5. The first-order valence-electron chi connectivity index (χ1n) is 7.82. The number of furan rings is 1. The average Bonchev–Trinajstić information content (AvgIpc) is 3.09. The summed E-state index contributed by atoms with van der Waals surface area (Å²) in [5, 5.41) is 3.38. The summed E-state index contributed by atoms with van der Waals surface area (Å²) in [5.74, 6) is 3.13. The smallest absolute Gasteiger partial charge is 0.118 e. The summed E-state index contributed by atoms with van der Waals surface area (Å²) in [7, 11) is 0. The first kappa shape index (κ1) is 14.6. The molecule has 1 aromatic rings. The van der Waals surface area contributed by atoms with Crippen molar-refractivity contribution in [3.8, 4) is 0 Å². The fourth-order valence-electron chi connectivity index (χ4n) is 2.43. The molecule has 0 radical (unpaired) electrons. The third kappa shape index (κ3) is 5.37. The predicted octanol–water partition coefficient (Wildman–Crippen LogP) is 3.40.